The molecule has 1 unspecified atom stereocenters. The van der Waals surface area contributed by atoms with Crippen molar-refractivity contribution in [2.45, 2.75) is 21.7 Å². The zero-order chi connectivity index (χ0) is 16.7. The van der Waals surface area contributed by atoms with Gasteiger partial charge in [-0.15, -0.1) is 0 Å². The molecule has 4 rings (SSSR count). The fraction of sp³-hybridized carbons (Fsp3) is 0.182. The van der Waals surface area contributed by atoms with Crippen LogP contribution in [0.3, 0.4) is 0 Å². The number of hydrogen-bond acceptors (Lipinski definition) is 0. The van der Waals surface area contributed by atoms with Crippen molar-refractivity contribution in [3.63, 3.8) is 0 Å². The molecule has 24 heavy (non-hydrogen) atoms. The standard InChI is InChI=1S/C13H9.C6H5.C3H7.ClH.Sn/c1-3-7-12-10(5-1)9-11-6-2-4-8-13(11)12;1-2-4-6-5-3-1;1-3-2;;/h1-9H;1-5H;3H,1-2H3;1H;/q;;;;+1/p-1. The van der Waals surface area contributed by atoms with E-state index < -0.39 is 17.3 Å². The van der Waals surface area contributed by atoms with Crippen molar-refractivity contribution < 1.29 is 0 Å². The molecule has 1 aliphatic rings. The Balaban J connectivity index is 2.00. The van der Waals surface area contributed by atoms with Gasteiger partial charge in [-0.1, -0.05) is 0 Å². The summed E-state index contributed by atoms with van der Waals surface area (Å²) in [5.74, 6) is 0. The summed E-state index contributed by atoms with van der Waals surface area (Å²) in [6, 6.07) is 28.6. The van der Waals surface area contributed by atoms with Crippen LogP contribution in [0.1, 0.15) is 28.9 Å². The van der Waals surface area contributed by atoms with Crippen LogP contribution < -0.4 is 3.58 Å². The van der Waals surface area contributed by atoms with Crippen molar-refractivity contribution in [3.05, 3.63) is 90.0 Å². The Morgan fingerprint density at radius 3 is 1.67 bits per heavy atom. The van der Waals surface area contributed by atoms with Gasteiger partial charge in [0.1, 0.15) is 0 Å². The molecule has 2 heteroatoms. The molecule has 0 saturated heterocycles. The average Bonchev–Trinajstić information content (AvgIpc) is 2.96. The molecule has 0 heterocycles. The minimum atomic E-state index is -3.24. The first-order chi connectivity index (χ1) is 11.6. The summed E-state index contributed by atoms with van der Waals surface area (Å²) >= 11 is -3.24. The number of benzene rings is 3. The molecule has 0 aromatic heterocycles. The van der Waals surface area contributed by atoms with Gasteiger partial charge in [-0.05, 0) is 0 Å². The summed E-state index contributed by atoms with van der Waals surface area (Å²) in [7, 11) is 7.67. The van der Waals surface area contributed by atoms with E-state index in [9.17, 15) is 0 Å². The van der Waals surface area contributed by atoms with Gasteiger partial charge in [0.25, 0.3) is 0 Å². The molecule has 120 valence electrons. The summed E-state index contributed by atoms with van der Waals surface area (Å²) in [6.45, 7) is 4.64. The van der Waals surface area contributed by atoms with E-state index in [2.05, 4.69) is 92.7 Å². The van der Waals surface area contributed by atoms with E-state index in [1.54, 1.807) is 0 Å². The fourth-order valence-electron chi connectivity index (χ4n) is 4.14. The van der Waals surface area contributed by atoms with Gasteiger partial charge in [-0.3, -0.25) is 0 Å². The predicted octanol–water partition coefficient (Wildman–Crippen LogP) is 5.84. The van der Waals surface area contributed by atoms with E-state index in [1.165, 1.54) is 25.8 Å². The second kappa shape index (κ2) is 6.24. The van der Waals surface area contributed by atoms with Crippen LogP contribution in [0.25, 0.3) is 11.1 Å². The molecule has 0 aliphatic heterocycles. The van der Waals surface area contributed by atoms with Crippen LogP contribution in [-0.2, 0) is 0 Å². The minimum absolute atomic E-state index is 0.371. The van der Waals surface area contributed by atoms with E-state index in [-0.39, 0.29) is 0 Å². The summed E-state index contributed by atoms with van der Waals surface area (Å²) in [5.41, 5.74) is 5.61. The van der Waals surface area contributed by atoms with Crippen LogP contribution in [0.15, 0.2) is 78.9 Å². The van der Waals surface area contributed by atoms with E-state index in [1.807, 2.05) is 0 Å². The third-order valence-electron chi connectivity index (χ3n) is 5.31. The van der Waals surface area contributed by atoms with Gasteiger partial charge in [0.05, 0.1) is 0 Å². The SMILES string of the molecule is C[CH](C)[Sn]([Cl])([c]1ccccc1)[CH]1c2ccccc2-c2ccccc21. The number of rotatable bonds is 3. The van der Waals surface area contributed by atoms with Crippen molar-refractivity contribution in [1.29, 1.82) is 0 Å². The molecule has 0 radical (unpaired) electrons. The number of fused-ring (bicyclic) bond motifs is 3. The molecule has 3 aromatic carbocycles. The quantitative estimate of drug-likeness (QED) is 0.450. The Bertz CT molecular complexity index is 826. The first kappa shape index (κ1) is 16.2. The maximum atomic E-state index is 7.67. The third-order valence-corrected chi connectivity index (χ3v) is 23.6. The maximum absolute atomic E-state index is 7.67. The Morgan fingerprint density at radius 1 is 0.708 bits per heavy atom. The van der Waals surface area contributed by atoms with Gasteiger partial charge < -0.3 is 0 Å². The summed E-state index contributed by atoms with van der Waals surface area (Å²) in [6.07, 6.45) is 0. The molecule has 0 fully saturated rings. The van der Waals surface area contributed by atoms with Crippen molar-refractivity contribution >= 4 is 29.8 Å². The van der Waals surface area contributed by atoms with Crippen LogP contribution >= 0.6 is 8.92 Å². The molecule has 0 amide bonds. The molecule has 1 atom stereocenters. The van der Waals surface area contributed by atoms with Crippen molar-refractivity contribution in [2.75, 3.05) is 0 Å². The Hall–Kier alpha value is -1.25. The summed E-state index contributed by atoms with van der Waals surface area (Å²) < 4.78 is 2.28. The first-order valence-electron chi connectivity index (χ1n) is 8.56. The van der Waals surface area contributed by atoms with Gasteiger partial charge in [0, 0.05) is 0 Å². The molecule has 0 spiro atoms. The average molecular weight is 440 g/mol. The zero-order valence-electron chi connectivity index (χ0n) is 14.0. The monoisotopic (exact) mass is 440 g/mol. The predicted molar refractivity (Wildman–Crippen MR) is 107 cm³/mol. The molecule has 3 aromatic rings. The molecule has 0 nitrogen and oxygen atoms in total. The van der Waals surface area contributed by atoms with Gasteiger partial charge in [0.2, 0.25) is 0 Å². The molecule has 0 saturated carbocycles. The number of hydrogen-bond donors (Lipinski definition) is 0. The van der Waals surface area contributed by atoms with E-state index >= 15 is 0 Å². The van der Waals surface area contributed by atoms with Crippen molar-refractivity contribution in [2.24, 2.45) is 0 Å². The van der Waals surface area contributed by atoms with Gasteiger partial charge in [-0.25, -0.2) is 0 Å². The molecule has 1 aliphatic carbocycles. The zero-order valence-corrected chi connectivity index (χ0v) is 17.6. The molecule has 0 bridgehead atoms. The van der Waals surface area contributed by atoms with Crippen molar-refractivity contribution in [1.82, 2.24) is 0 Å². The summed E-state index contributed by atoms with van der Waals surface area (Å²) in [4.78, 5) is 0. The second-order valence-corrected chi connectivity index (χ2v) is 22.1. The Morgan fingerprint density at radius 2 is 1.17 bits per heavy atom. The van der Waals surface area contributed by atoms with E-state index in [4.69, 9.17) is 8.92 Å². The van der Waals surface area contributed by atoms with E-state index in [0.29, 0.717) is 7.87 Å². The number of halogens is 1. The van der Waals surface area contributed by atoms with Gasteiger partial charge >= 0.3 is 153 Å². The van der Waals surface area contributed by atoms with Crippen LogP contribution in [-0.4, -0.2) is 17.3 Å². The molecule has 0 N–H and O–H groups in total. The third kappa shape index (κ3) is 2.34. The second-order valence-electron chi connectivity index (χ2n) is 6.90. The topological polar surface area (TPSA) is 0 Å². The normalized spacial score (nSPS) is 15.8. The Kier molecular flexibility index (Phi) is 4.22. The van der Waals surface area contributed by atoms with Gasteiger partial charge in [-0.2, -0.15) is 0 Å². The Labute approximate surface area is 152 Å². The van der Waals surface area contributed by atoms with E-state index in [0.717, 1.165) is 0 Å². The van der Waals surface area contributed by atoms with Crippen molar-refractivity contribution in [3.8, 4) is 11.1 Å². The van der Waals surface area contributed by atoms with Crippen LogP contribution in [0.2, 0.25) is 3.93 Å². The van der Waals surface area contributed by atoms with Crippen LogP contribution in [0.4, 0.5) is 0 Å². The molecular weight excluding hydrogens is 418 g/mol. The fourth-order valence-corrected chi connectivity index (χ4v) is 17.3. The van der Waals surface area contributed by atoms with Crippen LogP contribution in [0.5, 0.6) is 0 Å². The molecular formula is C22H21ClSn. The summed E-state index contributed by atoms with van der Waals surface area (Å²) in [5, 5.41) is 0. The first-order valence-corrected chi connectivity index (χ1v) is 16.9. The van der Waals surface area contributed by atoms with Crippen LogP contribution in [0, 0.1) is 0 Å². The van der Waals surface area contributed by atoms with Gasteiger partial charge in [0.15, 0.2) is 0 Å².